The number of rotatable bonds is 5. The number of Topliss-reactive ketones (excluding diaryl/α,β-unsaturated/α-hetero) is 1. The number of carbonyl (C=O) groups is 1. The largest absolute Gasteiger partial charge is 0.383 e. The smallest absolute Gasteiger partial charge is 0.149 e. The summed E-state index contributed by atoms with van der Waals surface area (Å²) >= 11 is 2.76. The van der Waals surface area contributed by atoms with Crippen LogP contribution in [0.5, 0.6) is 0 Å². The molecule has 0 atom stereocenters. The number of ketones is 1. The molecule has 0 unspecified atom stereocenters. The number of nitrogens with two attached hydrogens (primary N) is 1. The molecule has 0 aliphatic heterocycles. The summed E-state index contributed by atoms with van der Waals surface area (Å²) in [5.74, 6) is 2.88. The molecular formula is C23H22N4OS2. The van der Waals surface area contributed by atoms with E-state index < -0.39 is 0 Å². The lowest BCUT2D eigenvalue weighted by Crippen LogP contribution is -2.50. The molecule has 4 bridgehead atoms. The predicted octanol–water partition coefficient (Wildman–Crippen LogP) is 5.01. The highest BCUT2D eigenvalue weighted by atomic mass is 32.2. The summed E-state index contributed by atoms with van der Waals surface area (Å²) in [5.41, 5.74) is 7.02. The Morgan fingerprint density at radius 1 is 1.17 bits per heavy atom. The monoisotopic (exact) mass is 434 g/mol. The molecule has 2 N–H and O–H groups in total. The molecule has 4 aliphatic rings. The number of carbonyl (C=O) groups excluding carboxylic acids is 1. The number of nitrogen functional groups attached to an aromatic ring is 1. The lowest BCUT2D eigenvalue weighted by Gasteiger charge is -2.56. The number of anilines is 1. The van der Waals surface area contributed by atoms with Crippen molar-refractivity contribution in [2.24, 2.45) is 23.2 Å². The van der Waals surface area contributed by atoms with E-state index in [1.54, 1.807) is 0 Å². The highest BCUT2D eigenvalue weighted by molar-refractivity contribution is 8.00. The maximum Gasteiger partial charge on any atom is 0.149 e. The van der Waals surface area contributed by atoms with Crippen molar-refractivity contribution in [3.63, 3.8) is 0 Å². The Morgan fingerprint density at radius 3 is 2.33 bits per heavy atom. The quantitative estimate of drug-likeness (QED) is 0.663. The number of pyridine rings is 1. The molecule has 7 heteroatoms. The maximum atomic E-state index is 13.4. The number of hydrogen-bond acceptors (Lipinski definition) is 7. The second-order valence-corrected chi connectivity index (χ2v) is 10.9. The third-order valence-corrected chi connectivity index (χ3v) is 9.02. The molecule has 6 rings (SSSR count). The zero-order chi connectivity index (χ0) is 20.9. The van der Waals surface area contributed by atoms with Gasteiger partial charge < -0.3 is 5.73 Å². The Hall–Kier alpha value is -2.35. The highest BCUT2D eigenvalue weighted by Gasteiger charge is 2.54. The first-order valence-corrected chi connectivity index (χ1v) is 12.2. The van der Waals surface area contributed by atoms with Crippen LogP contribution < -0.4 is 5.73 Å². The Kier molecular flexibility index (Phi) is 4.84. The topological polar surface area (TPSA) is 104 Å². The van der Waals surface area contributed by atoms with Crippen LogP contribution in [0.25, 0.3) is 10.4 Å². The van der Waals surface area contributed by atoms with Gasteiger partial charge >= 0.3 is 0 Å². The van der Waals surface area contributed by atoms with Gasteiger partial charge in [0.1, 0.15) is 34.3 Å². The normalized spacial score (nSPS) is 28.8. The Labute approximate surface area is 184 Å². The highest BCUT2D eigenvalue weighted by Crippen LogP contribution is 2.60. The summed E-state index contributed by atoms with van der Waals surface area (Å²) in [4.78, 5) is 18.5. The van der Waals surface area contributed by atoms with Crippen LogP contribution in [-0.4, -0.2) is 16.5 Å². The first-order valence-electron chi connectivity index (χ1n) is 10.4. The van der Waals surface area contributed by atoms with E-state index >= 15 is 0 Å². The van der Waals surface area contributed by atoms with Crippen LogP contribution >= 0.6 is 23.1 Å². The minimum Gasteiger partial charge on any atom is -0.383 e. The Morgan fingerprint density at radius 2 is 1.80 bits per heavy atom. The van der Waals surface area contributed by atoms with Crippen molar-refractivity contribution in [1.29, 1.82) is 10.5 Å². The summed E-state index contributed by atoms with van der Waals surface area (Å²) < 4.78 is 0. The van der Waals surface area contributed by atoms with Crippen LogP contribution in [0.4, 0.5) is 5.82 Å². The third kappa shape index (κ3) is 3.12. The minimum atomic E-state index is -0.163. The van der Waals surface area contributed by atoms with E-state index in [-0.39, 0.29) is 16.8 Å². The molecule has 0 saturated heterocycles. The van der Waals surface area contributed by atoms with E-state index in [0.29, 0.717) is 45.4 Å². The number of nitrogens with zero attached hydrogens (tertiary/aromatic N) is 3. The molecule has 2 aromatic rings. The number of thiophene rings is 1. The molecular weight excluding hydrogens is 412 g/mol. The van der Waals surface area contributed by atoms with Gasteiger partial charge in [-0.2, -0.15) is 10.5 Å². The summed E-state index contributed by atoms with van der Waals surface area (Å²) in [5, 5.41) is 21.8. The maximum absolute atomic E-state index is 13.4. The second kappa shape index (κ2) is 7.41. The van der Waals surface area contributed by atoms with Crippen molar-refractivity contribution in [1.82, 2.24) is 4.98 Å². The van der Waals surface area contributed by atoms with Crippen molar-refractivity contribution >= 4 is 34.7 Å². The first kappa shape index (κ1) is 19.6. The van der Waals surface area contributed by atoms with Crippen molar-refractivity contribution in [3.05, 3.63) is 28.6 Å². The number of aromatic nitrogens is 1. The zero-order valence-electron chi connectivity index (χ0n) is 16.6. The van der Waals surface area contributed by atoms with Gasteiger partial charge in [-0.05, 0) is 67.7 Å². The van der Waals surface area contributed by atoms with Crippen LogP contribution in [0.2, 0.25) is 0 Å². The van der Waals surface area contributed by atoms with Crippen LogP contribution in [0.3, 0.4) is 0 Å². The molecule has 2 aromatic heterocycles. The minimum absolute atomic E-state index is 0.115. The number of hydrogen-bond donors (Lipinski definition) is 1. The summed E-state index contributed by atoms with van der Waals surface area (Å²) in [6.45, 7) is 0. The van der Waals surface area contributed by atoms with Gasteiger partial charge in [-0.3, -0.25) is 4.79 Å². The summed E-state index contributed by atoms with van der Waals surface area (Å²) in [7, 11) is 0. The SMILES string of the molecule is N#Cc1c(N)nc(SCC(=O)C23CC4CC(CC(C4)C2)C3)c(C#N)c1-c1cccs1. The second-order valence-electron chi connectivity index (χ2n) is 9.04. The zero-order valence-corrected chi connectivity index (χ0v) is 18.2. The van der Waals surface area contributed by atoms with Crippen LogP contribution in [0.1, 0.15) is 49.7 Å². The molecule has 0 amide bonds. The van der Waals surface area contributed by atoms with Crippen molar-refractivity contribution in [2.75, 3.05) is 11.5 Å². The van der Waals surface area contributed by atoms with Gasteiger partial charge in [0.2, 0.25) is 0 Å². The molecule has 4 fully saturated rings. The average molecular weight is 435 g/mol. The molecule has 0 spiro atoms. The van der Waals surface area contributed by atoms with Gasteiger partial charge in [0.25, 0.3) is 0 Å². The standard InChI is InChI=1S/C23H22N4OS2/c24-10-16-20(18-2-1-3-29-18)17(11-25)22(27-21(16)26)30-12-19(28)23-7-13-4-14(8-23)6-15(5-13)9-23/h1-3,13-15H,4-9,12H2,(H2,26,27). The lowest BCUT2D eigenvalue weighted by molar-refractivity contribution is -0.141. The van der Waals surface area contributed by atoms with Crippen LogP contribution in [0, 0.1) is 45.8 Å². The van der Waals surface area contributed by atoms with Gasteiger partial charge in [0, 0.05) is 15.9 Å². The van der Waals surface area contributed by atoms with Gasteiger partial charge in [0.15, 0.2) is 0 Å². The molecule has 5 nitrogen and oxygen atoms in total. The summed E-state index contributed by atoms with van der Waals surface area (Å²) in [6, 6.07) is 8.07. The molecule has 30 heavy (non-hydrogen) atoms. The molecule has 2 heterocycles. The van der Waals surface area contributed by atoms with Crippen LogP contribution in [0.15, 0.2) is 22.5 Å². The number of nitriles is 2. The molecule has 4 saturated carbocycles. The van der Waals surface area contributed by atoms with E-state index in [0.717, 1.165) is 24.1 Å². The van der Waals surface area contributed by atoms with E-state index in [9.17, 15) is 15.3 Å². The van der Waals surface area contributed by atoms with Crippen molar-refractivity contribution < 1.29 is 4.79 Å². The first-order chi connectivity index (χ1) is 14.5. The summed E-state index contributed by atoms with van der Waals surface area (Å²) in [6.07, 6.45) is 7.01. The third-order valence-electron chi connectivity index (χ3n) is 7.15. The van der Waals surface area contributed by atoms with E-state index in [1.807, 2.05) is 17.5 Å². The Bertz CT molecular complexity index is 1060. The van der Waals surface area contributed by atoms with E-state index in [1.165, 1.54) is 42.4 Å². The van der Waals surface area contributed by atoms with Gasteiger partial charge in [-0.25, -0.2) is 4.98 Å². The fraction of sp³-hybridized carbons (Fsp3) is 0.478. The molecule has 152 valence electrons. The fourth-order valence-electron chi connectivity index (χ4n) is 6.31. The lowest BCUT2D eigenvalue weighted by atomic mass is 9.48. The van der Waals surface area contributed by atoms with Gasteiger partial charge in [0.05, 0.1) is 11.3 Å². The van der Waals surface area contributed by atoms with Crippen molar-refractivity contribution in [3.8, 4) is 22.6 Å². The van der Waals surface area contributed by atoms with E-state index in [2.05, 4.69) is 17.1 Å². The molecule has 4 aliphatic carbocycles. The average Bonchev–Trinajstić information content (AvgIpc) is 3.24. The molecule has 0 radical (unpaired) electrons. The number of thioether (sulfide) groups is 1. The van der Waals surface area contributed by atoms with Gasteiger partial charge in [-0.15, -0.1) is 11.3 Å². The van der Waals surface area contributed by atoms with Crippen LogP contribution in [-0.2, 0) is 4.79 Å². The van der Waals surface area contributed by atoms with E-state index in [4.69, 9.17) is 5.73 Å². The van der Waals surface area contributed by atoms with Gasteiger partial charge in [-0.1, -0.05) is 17.8 Å². The fourth-order valence-corrected chi connectivity index (χ4v) is 8.12. The van der Waals surface area contributed by atoms with Crippen molar-refractivity contribution in [2.45, 2.75) is 43.6 Å². The Balaban J connectivity index is 1.44. The predicted molar refractivity (Wildman–Crippen MR) is 118 cm³/mol. The molecule has 0 aromatic carbocycles.